The third-order valence-electron chi connectivity index (χ3n) is 3.42. The fraction of sp³-hybridized carbons (Fsp3) is 0.615. The van der Waals surface area contributed by atoms with Gasteiger partial charge < -0.3 is 4.90 Å². The second kappa shape index (κ2) is 6.57. The minimum atomic E-state index is -3.33. The molecule has 1 atom stereocenters. The fourth-order valence-corrected chi connectivity index (χ4v) is 3.35. The topological polar surface area (TPSA) is 92.5 Å². The number of hydrogen-bond donors (Lipinski definition) is 1. The van der Waals surface area contributed by atoms with Gasteiger partial charge in [-0.2, -0.15) is 4.52 Å². The summed E-state index contributed by atoms with van der Waals surface area (Å²) in [5.41, 5.74) is 0.585. The predicted octanol–water partition coefficient (Wildman–Crippen LogP) is 0.656. The Hall–Kier alpha value is -1.74. The molecule has 0 radical (unpaired) electrons. The molecule has 0 aliphatic heterocycles. The lowest BCUT2D eigenvalue weighted by Crippen LogP contribution is -2.29. The molecule has 1 N–H and O–H groups in total. The van der Waals surface area contributed by atoms with Crippen molar-refractivity contribution >= 4 is 21.5 Å². The van der Waals surface area contributed by atoms with E-state index in [1.165, 1.54) is 0 Å². The van der Waals surface area contributed by atoms with E-state index in [1.54, 1.807) is 10.6 Å². The van der Waals surface area contributed by atoms with Crippen molar-refractivity contribution in [2.75, 3.05) is 24.7 Å². The second-order valence-electron chi connectivity index (χ2n) is 5.59. The summed E-state index contributed by atoms with van der Waals surface area (Å²) in [5.74, 6) is 1.44. The zero-order chi connectivity index (χ0) is 16.3. The highest BCUT2D eigenvalue weighted by atomic mass is 32.2. The van der Waals surface area contributed by atoms with Crippen molar-refractivity contribution in [3.63, 3.8) is 0 Å². The predicted molar refractivity (Wildman–Crippen MR) is 85.2 cm³/mol. The van der Waals surface area contributed by atoms with Gasteiger partial charge in [0, 0.05) is 14.1 Å². The number of hydrogen-bond acceptors (Lipinski definition) is 6. The van der Waals surface area contributed by atoms with E-state index in [-0.39, 0.29) is 18.2 Å². The molecule has 2 rings (SSSR count). The van der Waals surface area contributed by atoms with Gasteiger partial charge in [0.2, 0.25) is 10.0 Å². The highest BCUT2D eigenvalue weighted by Gasteiger charge is 2.16. The number of fused-ring (bicyclic) bond motifs is 1. The monoisotopic (exact) mass is 326 g/mol. The van der Waals surface area contributed by atoms with Crippen LogP contribution in [0.3, 0.4) is 0 Å². The van der Waals surface area contributed by atoms with Crippen LogP contribution in [-0.4, -0.2) is 48.1 Å². The summed E-state index contributed by atoms with van der Waals surface area (Å²) in [4.78, 5) is 1.86. The SMILES string of the molecule is CCC(C)CS(=O)(=O)NCc1nnc2ccc(N(C)C)nn12. The number of aromatic nitrogens is 4. The lowest BCUT2D eigenvalue weighted by molar-refractivity contribution is 0.549. The van der Waals surface area contributed by atoms with Crippen molar-refractivity contribution in [2.24, 2.45) is 5.92 Å². The first-order chi connectivity index (χ1) is 10.3. The van der Waals surface area contributed by atoms with E-state index < -0.39 is 10.0 Å². The lowest BCUT2D eigenvalue weighted by atomic mass is 10.2. The summed E-state index contributed by atoms with van der Waals surface area (Å²) in [6, 6.07) is 3.63. The van der Waals surface area contributed by atoms with Crippen molar-refractivity contribution < 1.29 is 8.42 Å². The Labute approximate surface area is 130 Å². The number of nitrogens with zero attached hydrogens (tertiary/aromatic N) is 5. The molecule has 122 valence electrons. The first-order valence-corrected chi connectivity index (χ1v) is 8.83. The van der Waals surface area contributed by atoms with Gasteiger partial charge in [-0.1, -0.05) is 20.3 Å². The molecular weight excluding hydrogens is 304 g/mol. The summed E-state index contributed by atoms with van der Waals surface area (Å²) in [5, 5.41) is 12.4. The van der Waals surface area contributed by atoms with Crippen LogP contribution in [0.1, 0.15) is 26.1 Å². The maximum atomic E-state index is 12.0. The van der Waals surface area contributed by atoms with E-state index in [0.29, 0.717) is 11.5 Å². The molecule has 2 aromatic rings. The molecule has 0 aliphatic carbocycles. The van der Waals surface area contributed by atoms with Crippen LogP contribution in [0.15, 0.2) is 12.1 Å². The van der Waals surface area contributed by atoms with Gasteiger partial charge in [0.15, 0.2) is 11.5 Å². The molecule has 0 aliphatic rings. The smallest absolute Gasteiger partial charge is 0.212 e. The molecule has 1 unspecified atom stereocenters. The van der Waals surface area contributed by atoms with E-state index in [1.807, 2.05) is 38.9 Å². The van der Waals surface area contributed by atoms with Crippen molar-refractivity contribution in [3.05, 3.63) is 18.0 Å². The number of sulfonamides is 1. The molecule has 0 bridgehead atoms. The molecule has 0 saturated heterocycles. The number of rotatable bonds is 7. The molecule has 0 fully saturated rings. The van der Waals surface area contributed by atoms with Crippen LogP contribution < -0.4 is 9.62 Å². The van der Waals surface area contributed by atoms with E-state index in [2.05, 4.69) is 20.0 Å². The molecule has 2 heterocycles. The first-order valence-electron chi connectivity index (χ1n) is 7.18. The third kappa shape index (κ3) is 3.92. The van der Waals surface area contributed by atoms with Crippen LogP contribution in [0.2, 0.25) is 0 Å². The van der Waals surface area contributed by atoms with Gasteiger partial charge in [0.1, 0.15) is 5.82 Å². The van der Waals surface area contributed by atoms with Crippen LogP contribution >= 0.6 is 0 Å². The Morgan fingerprint density at radius 1 is 1.32 bits per heavy atom. The zero-order valence-electron chi connectivity index (χ0n) is 13.3. The maximum Gasteiger partial charge on any atom is 0.212 e. The normalized spacial score (nSPS) is 13.5. The molecule has 0 amide bonds. The minimum Gasteiger partial charge on any atom is -0.361 e. The van der Waals surface area contributed by atoms with Gasteiger partial charge in [0.05, 0.1) is 12.3 Å². The number of anilines is 1. The minimum absolute atomic E-state index is 0.0732. The van der Waals surface area contributed by atoms with Crippen LogP contribution in [-0.2, 0) is 16.6 Å². The third-order valence-corrected chi connectivity index (χ3v) is 5.01. The molecule has 22 heavy (non-hydrogen) atoms. The highest BCUT2D eigenvalue weighted by Crippen LogP contribution is 2.10. The van der Waals surface area contributed by atoms with Crippen molar-refractivity contribution in [2.45, 2.75) is 26.8 Å². The number of nitrogens with one attached hydrogen (secondary N) is 1. The van der Waals surface area contributed by atoms with E-state index >= 15 is 0 Å². The Kier molecular flexibility index (Phi) is 4.97. The first kappa shape index (κ1) is 16.6. The summed E-state index contributed by atoms with van der Waals surface area (Å²) < 4.78 is 28.1. The van der Waals surface area contributed by atoms with Gasteiger partial charge in [-0.25, -0.2) is 13.1 Å². The lowest BCUT2D eigenvalue weighted by Gasteiger charge is -2.11. The van der Waals surface area contributed by atoms with Crippen LogP contribution in [0.5, 0.6) is 0 Å². The van der Waals surface area contributed by atoms with Gasteiger partial charge in [-0.05, 0) is 18.1 Å². The van der Waals surface area contributed by atoms with Crippen LogP contribution in [0.25, 0.3) is 5.65 Å². The van der Waals surface area contributed by atoms with Crippen LogP contribution in [0.4, 0.5) is 5.82 Å². The van der Waals surface area contributed by atoms with E-state index in [0.717, 1.165) is 12.2 Å². The van der Waals surface area contributed by atoms with Gasteiger partial charge >= 0.3 is 0 Å². The van der Waals surface area contributed by atoms with Crippen LogP contribution in [0, 0.1) is 5.92 Å². The van der Waals surface area contributed by atoms with Gasteiger partial charge in [-0.15, -0.1) is 15.3 Å². The fourth-order valence-electron chi connectivity index (χ4n) is 1.90. The quantitative estimate of drug-likeness (QED) is 0.803. The average Bonchev–Trinajstić information content (AvgIpc) is 2.86. The molecule has 0 spiro atoms. The van der Waals surface area contributed by atoms with Crippen molar-refractivity contribution in [1.29, 1.82) is 0 Å². The standard InChI is InChI=1S/C13H22N6O2S/c1-5-10(2)9-22(20,21)14-8-13-16-15-11-6-7-12(18(3)4)17-19(11)13/h6-7,10,14H,5,8-9H2,1-4H3. The molecule has 8 nitrogen and oxygen atoms in total. The van der Waals surface area contributed by atoms with E-state index in [9.17, 15) is 8.42 Å². The highest BCUT2D eigenvalue weighted by molar-refractivity contribution is 7.89. The van der Waals surface area contributed by atoms with Gasteiger partial charge in [-0.3, -0.25) is 0 Å². The largest absolute Gasteiger partial charge is 0.361 e. The summed E-state index contributed by atoms with van der Waals surface area (Å²) >= 11 is 0. The maximum absolute atomic E-state index is 12.0. The molecule has 2 aromatic heterocycles. The Bertz CT molecular complexity index is 740. The summed E-state index contributed by atoms with van der Waals surface area (Å²) in [6.07, 6.45) is 0.822. The van der Waals surface area contributed by atoms with Crippen molar-refractivity contribution in [1.82, 2.24) is 24.5 Å². The Balaban J connectivity index is 2.16. The summed E-state index contributed by atoms with van der Waals surface area (Å²) in [6.45, 7) is 3.96. The average molecular weight is 326 g/mol. The summed E-state index contributed by atoms with van der Waals surface area (Å²) in [7, 11) is 0.431. The Morgan fingerprint density at radius 2 is 2.05 bits per heavy atom. The second-order valence-corrected chi connectivity index (χ2v) is 7.44. The molecule has 0 saturated carbocycles. The molecule has 9 heteroatoms. The van der Waals surface area contributed by atoms with Crippen molar-refractivity contribution in [3.8, 4) is 0 Å². The van der Waals surface area contributed by atoms with E-state index in [4.69, 9.17) is 0 Å². The Morgan fingerprint density at radius 3 is 2.68 bits per heavy atom. The molecule has 0 aromatic carbocycles. The van der Waals surface area contributed by atoms with Gasteiger partial charge in [0.25, 0.3) is 0 Å². The zero-order valence-corrected chi connectivity index (χ0v) is 14.1. The molecular formula is C13H22N6O2S.